The molecule has 0 radical (unpaired) electrons. The summed E-state index contributed by atoms with van der Waals surface area (Å²) in [6, 6.07) is 14.7. The summed E-state index contributed by atoms with van der Waals surface area (Å²) in [5.41, 5.74) is 2.12. The first-order valence-corrected chi connectivity index (χ1v) is 11.5. The van der Waals surface area contributed by atoms with E-state index in [2.05, 4.69) is 9.97 Å². The van der Waals surface area contributed by atoms with Gasteiger partial charge in [0, 0.05) is 12.3 Å². The van der Waals surface area contributed by atoms with E-state index in [1.807, 2.05) is 30.3 Å². The van der Waals surface area contributed by atoms with Crippen molar-refractivity contribution in [1.29, 1.82) is 0 Å². The number of hydrogen-bond donors (Lipinski definition) is 0. The number of carbonyl (C=O) groups is 1. The third-order valence-corrected chi connectivity index (χ3v) is 6.36. The number of halogens is 1. The molecule has 0 aliphatic heterocycles. The number of nitrogens with zero attached hydrogens (tertiary/aromatic N) is 3. The summed E-state index contributed by atoms with van der Waals surface area (Å²) in [6.07, 6.45) is 4.87. The summed E-state index contributed by atoms with van der Waals surface area (Å²) in [6.45, 7) is 0.261. The number of thiazole rings is 1. The van der Waals surface area contributed by atoms with Gasteiger partial charge in [0.25, 0.3) is 5.91 Å². The van der Waals surface area contributed by atoms with Crippen LogP contribution in [0.25, 0.3) is 16.3 Å². The maximum absolute atomic E-state index is 13.4. The molecule has 0 atom stereocenters. The number of methoxy groups -OCH3 is 3. The fourth-order valence-corrected chi connectivity index (χ4v) is 4.64. The van der Waals surface area contributed by atoms with Gasteiger partial charge in [0.15, 0.2) is 16.6 Å². The van der Waals surface area contributed by atoms with Crippen LogP contribution in [0.3, 0.4) is 0 Å². The lowest BCUT2D eigenvalue weighted by atomic mass is 10.1. The molecule has 1 amide bonds. The highest BCUT2D eigenvalue weighted by Gasteiger charge is 2.20. The second-order valence-corrected chi connectivity index (χ2v) is 8.54. The number of amides is 1. The molecule has 34 heavy (non-hydrogen) atoms. The van der Waals surface area contributed by atoms with E-state index in [1.165, 1.54) is 17.4 Å². The minimum atomic E-state index is -0.255. The van der Waals surface area contributed by atoms with Crippen LogP contribution in [-0.2, 0) is 11.3 Å². The van der Waals surface area contributed by atoms with Gasteiger partial charge >= 0.3 is 0 Å². The summed E-state index contributed by atoms with van der Waals surface area (Å²) in [7, 11) is 4.63. The first-order valence-electron chi connectivity index (χ1n) is 10.3. The molecule has 0 fully saturated rings. The molecule has 0 N–H and O–H groups in total. The van der Waals surface area contributed by atoms with Gasteiger partial charge in [-0.3, -0.25) is 14.7 Å². The van der Waals surface area contributed by atoms with Crippen molar-refractivity contribution in [3.05, 3.63) is 77.1 Å². The standard InChI is InChI=1S/C25H22ClN3O4S/c1-31-19-13-16(14-20(32-2)24(19)33-3)10-11-22(30)29(15-17-7-4-5-12-27-17)25-28-23-18(26)8-6-9-21(23)34-25/h4-14H,15H2,1-3H3/b11-10+. The molecular formula is C25H22ClN3O4S. The molecule has 4 aromatic rings. The second kappa shape index (κ2) is 10.5. The molecule has 7 nitrogen and oxygen atoms in total. The van der Waals surface area contributed by atoms with Gasteiger partial charge in [-0.05, 0) is 48.0 Å². The predicted octanol–water partition coefficient (Wildman–Crippen LogP) is 5.62. The number of aromatic nitrogens is 2. The number of fused-ring (bicyclic) bond motifs is 1. The average Bonchev–Trinajstić information content (AvgIpc) is 3.31. The van der Waals surface area contributed by atoms with Gasteiger partial charge < -0.3 is 14.2 Å². The lowest BCUT2D eigenvalue weighted by Gasteiger charge is -2.18. The Hall–Kier alpha value is -3.62. The van der Waals surface area contributed by atoms with Crippen molar-refractivity contribution in [1.82, 2.24) is 9.97 Å². The van der Waals surface area contributed by atoms with Gasteiger partial charge in [-0.2, -0.15) is 0 Å². The number of hydrogen-bond acceptors (Lipinski definition) is 7. The van der Waals surface area contributed by atoms with Crippen LogP contribution in [0.2, 0.25) is 5.02 Å². The van der Waals surface area contributed by atoms with E-state index in [4.69, 9.17) is 25.8 Å². The Labute approximate surface area is 206 Å². The van der Waals surface area contributed by atoms with Gasteiger partial charge in [-0.1, -0.05) is 35.1 Å². The second-order valence-electron chi connectivity index (χ2n) is 7.12. The molecule has 0 unspecified atom stereocenters. The Balaban J connectivity index is 1.69. The molecule has 2 aromatic heterocycles. The van der Waals surface area contributed by atoms with E-state index >= 15 is 0 Å². The zero-order valence-corrected chi connectivity index (χ0v) is 20.4. The number of benzene rings is 2. The molecule has 2 aromatic carbocycles. The van der Waals surface area contributed by atoms with Crippen LogP contribution >= 0.6 is 22.9 Å². The lowest BCUT2D eigenvalue weighted by molar-refractivity contribution is -0.114. The van der Waals surface area contributed by atoms with Crippen molar-refractivity contribution in [3.63, 3.8) is 0 Å². The zero-order valence-electron chi connectivity index (χ0n) is 18.8. The SMILES string of the molecule is COc1cc(/C=C/C(=O)N(Cc2ccccn2)c2nc3c(Cl)cccc3s2)cc(OC)c1OC. The van der Waals surface area contributed by atoms with Gasteiger partial charge in [-0.25, -0.2) is 4.98 Å². The van der Waals surface area contributed by atoms with Crippen LogP contribution in [0.5, 0.6) is 17.2 Å². The molecule has 2 heterocycles. The molecule has 4 rings (SSSR count). The van der Waals surface area contributed by atoms with Gasteiger partial charge in [0.05, 0.1) is 43.3 Å². The minimum Gasteiger partial charge on any atom is -0.493 e. The van der Waals surface area contributed by atoms with Crippen LogP contribution < -0.4 is 19.1 Å². The fraction of sp³-hybridized carbons (Fsp3) is 0.160. The summed E-state index contributed by atoms with van der Waals surface area (Å²) >= 11 is 7.72. The van der Waals surface area contributed by atoms with Crippen molar-refractivity contribution < 1.29 is 19.0 Å². The summed E-state index contributed by atoms with van der Waals surface area (Å²) in [4.78, 5) is 24.0. The number of pyridine rings is 1. The van der Waals surface area contributed by atoms with Gasteiger partial charge in [-0.15, -0.1) is 0 Å². The smallest absolute Gasteiger partial charge is 0.253 e. The van der Waals surface area contributed by atoms with E-state index < -0.39 is 0 Å². The lowest BCUT2D eigenvalue weighted by Crippen LogP contribution is -2.29. The van der Waals surface area contributed by atoms with E-state index in [1.54, 1.807) is 56.7 Å². The minimum absolute atomic E-state index is 0.255. The third-order valence-electron chi connectivity index (χ3n) is 5.01. The molecule has 174 valence electrons. The molecule has 0 aliphatic rings. The number of ether oxygens (including phenoxy) is 3. The van der Waals surface area contributed by atoms with Crippen LogP contribution in [-0.4, -0.2) is 37.2 Å². The first kappa shape index (κ1) is 23.5. The van der Waals surface area contributed by atoms with Gasteiger partial charge in [0.2, 0.25) is 5.75 Å². The van der Waals surface area contributed by atoms with Crippen LogP contribution in [0, 0.1) is 0 Å². The van der Waals surface area contributed by atoms with Crippen molar-refractivity contribution in [2.45, 2.75) is 6.54 Å². The largest absolute Gasteiger partial charge is 0.493 e. The molecule has 0 spiro atoms. The Kier molecular flexibility index (Phi) is 7.30. The van der Waals surface area contributed by atoms with E-state index in [0.717, 1.165) is 10.4 Å². The highest BCUT2D eigenvalue weighted by atomic mass is 35.5. The van der Waals surface area contributed by atoms with E-state index in [0.29, 0.717) is 38.5 Å². The van der Waals surface area contributed by atoms with E-state index in [9.17, 15) is 4.79 Å². The Morgan fingerprint density at radius 2 is 1.82 bits per heavy atom. The normalized spacial score (nSPS) is 11.1. The quantitative estimate of drug-likeness (QED) is 0.295. The number of rotatable bonds is 8. The number of para-hydroxylation sites is 1. The van der Waals surface area contributed by atoms with Crippen molar-refractivity contribution in [3.8, 4) is 17.2 Å². The van der Waals surface area contributed by atoms with Crippen LogP contribution in [0.1, 0.15) is 11.3 Å². The van der Waals surface area contributed by atoms with Gasteiger partial charge in [0.1, 0.15) is 5.52 Å². The summed E-state index contributed by atoms with van der Waals surface area (Å²) in [5, 5.41) is 1.08. The molecular weight excluding hydrogens is 474 g/mol. The van der Waals surface area contributed by atoms with Crippen LogP contribution in [0.4, 0.5) is 5.13 Å². The van der Waals surface area contributed by atoms with E-state index in [-0.39, 0.29) is 12.5 Å². The fourth-order valence-electron chi connectivity index (χ4n) is 3.37. The predicted molar refractivity (Wildman–Crippen MR) is 135 cm³/mol. The summed E-state index contributed by atoms with van der Waals surface area (Å²) in [5.74, 6) is 1.23. The van der Waals surface area contributed by atoms with Crippen LogP contribution in [0.15, 0.2) is 60.8 Å². The highest BCUT2D eigenvalue weighted by Crippen LogP contribution is 2.38. The molecule has 0 bridgehead atoms. The highest BCUT2D eigenvalue weighted by molar-refractivity contribution is 7.22. The van der Waals surface area contributed by atoms with Crippen molar-refractivity contribution in [2.75, 3.05) is 26.2 Å². The molecule has 0 saturated heterocycles. The third kappa shape index (κ3) is 4.98. The number of anilines is 1. The summed E-state index contributed by atoms with van der Waals surface area (Å²) < 4.78 is 17.1. The monoisotopic (exact) mass is 495 g/mol. The maximum atomic E-state index is 13.4. The van der Waals surface area contributed by atoms with Crippen molar-refractivity contribution in [2.24, 2.45) is 0 Å². The topological polar surface area (TPSA) is 73.8 Å². The Bertz CT molecular complexity index is 1320. The first-order chi connectivity index (χ1) is 16.5. The molecule has 0 saturated carbocycles. The maximum Gasteiger partial charge on any atom is 0.253 e. The number of carbonyl (C=O) groups excluding carboxylic acids is 1. The molecule has 0 aliphatic carbocycles. The molecule has 9 heteroatoms. The Morgan fingerprint density at radius 3 is 2.44 bits per heavy atom. The average molecular weight is 496 g/mol. The Morgan fingerprint density at radius 1 is 1.06 bits per heavy atom. The van der Waals surface area contributed by atoms with Crippen molar-refractivity contribution >= 4 is 50.3 Å². The zero-order chi connectivity index (χ0) is 24.1.